The van der Waals surface area contributed by atoms with Crippen LogP contribution in [0.4, 0.5) is 0 Å². The van der Waals surface area contributed by atoms with Crippen LogP contribution in [0.15, 0.2) is 12.1 Å². The van der Waals surface area contributed by atoms with Gasteiger partial charge in [0, 0.05) is 11.6 Å². The summed E-state index contributed by atoms with van der Waals surface area (Å²) in [4.78, 5) is 2.47. The molecular formula is C18H32N2O. The van der Waals surface area contributed by atoms with E-state index in [4.69, 9.17) is 10.5 Å². The minimum atomic E-state index is -0.0325. The highest BCUT2D eigenvalue weighted by Crippen LogP contribution is 2.36. The smallest absolute Gasteiger partial charge is 0.122 e. The highest BCUT2D eigenvalue weighted by molar-refractivity contribution is 5.43. The Bertz CT molecular complexity index is 469. The molecule has 0 saturated heterocycles. The maximum absolute atomic E-state index is 6.71. The van der Waals surface area contributed by atoms with E-state index in [9.17, 15) is 0 Å². The van der Waals surface area contributed by atoms with Crippen molar-refractivity contribution in [1.82, 2.24) is 4.90 Å². The zero-order valence-corrected chi connectivity index (χ0v) is 14.8. The molecule has 0 heterocycles. The van der Waals surface area contributed by atoms with Crippen molar-refractivity contribution < 1.29 is 4.74 Å². The average Bonchev–Trinajstić information content (AvgIpc) is 2.49. The average molecular weight is 292 g/mol. The fourth-order valence-corrected chi connectivity index (χ4v) is 3.29. The van der Waals surface area contributed by atoms with E-state index in [0.717, 1.165) is 30.8 Å². The fourth-order valence-electron chi connectivity index (χ4n) is 3.29. The van der Waals surface area contributed by atoms with E-state index >= 15 is 0 Å². The molecular weight excluding hydrogens is 260 g/mol. The number of nitrogens with zero attached hydrogens (tertiary/aromatic N) is 1. The van der Waals surface area contributed by atoms with Gasteiger partial charge in [-0.15, -0.1) is 0 Å². The third kappa shape index (κ3) is 3.41. The van der Waals surface area contributed by atoms with Crippen molar-refractivity contribution >= 4 is 0 Å². The van der Waals surface area contributed by atoms with Gasteiger partial charge in [-0.1, -0.05) is 26.8 Å². The number of aryl methyl sites for hydroxylation is 2. The maximum Gasteiger partial charge on any atom is 0.122 e. The lowest BCUT2D eigenvalue weighted by molar-refractivity contribution is 0.0842. The Morgan fingerprint density at radius 1 is 1.14 bits per heavy atom. The molecule has 2 unspecified atom stereocenters. The minimum Gasteiger partial charge on any atom is -0.496 e. The molecule has 3 nitrogen and oxygen atoms in total. The second-order valence-electron chi connectivity index (χ2n) is 6.04. The Hall–Kier alpha value is -1.06. The summed E-state index contributed by atoms with van der Waals surface area (Å²) in [6.45, 7) is 15.1. The Morgan fingerprint density at radius 3 is 2.14 bits per heavy atom. The molecule has 0 radical (unpaired) electrons. The monoisotopic (exact) mass is 292 g/mol. The Morgan fingerprint density at radius 2 is 1.71 bits per heavy atom. The summed E-state index contributed by atoms with van der Waals surface area (Å²) in [5.74, 6) is 0.935. The van der Waals surface area contributed by atoms with Gasteiger partial charge >= 0.3 is 0 Å². The summed E-state index contributed by atoms with van der Waals surface area (Å²) >= 11 is 0. The van der Waals surface area contributed by atoms with Crippen LogP contribution in [0.3, 0.4) is 0 Å². The molecule has 2 atom stereocenters. The molecule has 0 spiro atoms. The number of hydrogen-bond acceptors (Lipinski definition) is 3. The molecule has 0 fully saturated rings. The molecule has 1 rings (SSSR count). The second-order valence-corrected chi connectivity index (χ2v) is 6.04. The summed E-state index contributed by atoms with van der Waals surface area (Å²) in [6, 6.07) is 4.28. The van der Waals surface area contributed by atoms with Crippen LogP contribution in [0.5, 0.6) is 5.75 Å². The van der Waals surface area contributed by atoms with Gasteiger partial charge < -0.3 is 10.5 Å². The van der Waals surface area contributed by atoms with Crippen LogP contribution in [0.25, 0.3) is 0 Å². The van der Waals surface area contributed by atoms with Crippen molar-refractivity contribution in [2.24, 2.45) is 5.73 Å². The van der Waals surface area contributed by atoms with Crippen molar-refractivity contribution in [1.29, 1.82) is 0 Å². The van der Waals surface area contributed by atoms with Gasteiger partial charge in [0.05, 0.1) is 7.11 Å². The van der Waals surface area contributed by atoms with Crippen LogP contribution in [-0.4, -0.2) is 30.6 Å². The minimum absolute atomic E-state index is 0.00740. The van der Waals surface area contributed by atoms with Gasteiger partial charge in [-0.25, -0.2) is 0 Å². The molecule has 2 N–H and O–H groups in total. The van der Waals surface area contributed by atoms with E-state index in [0.29, 0.717) is 0 Å². The number of nitrogens with two attached hydrogens (primary N) is 1. The highest BCUT2D eigenvalue weighted by Gasteiger charge is 2.36. The summed E-state index contributed by atoms with van der Waals surface area (Å²) in [7, 11) is 1.72. The van der Waals surface area contributed by atoms with E-state index in [-0.39, 0.29) is 11.6 Å². The van der Waals surface area contributed by atoms with Crippen LogP contribution in [-0.2, 0) is 0 Å². The molecule has 1 aromatic carbocycles. The Balaban J connectivity index is 3.28. The van der Waals surface area contributed by atoms with Crippen molar-refractivity contribution in [3.8, 4) is 5.75 Å². The molecule has 0 aromatic heterocycles. The van der Waals surface area contributed by atoms with Crippen molar-refractivity contribution in [2.75, 3.05) is 20.2 Å². The van der Waals surface area contributed by atoms with Gasteiger partial charge in [-0.2, -0.15) is 0 Å². The van der Waals surface area contributed by atoms with Crippen LogP contribution >= 0.6 is 0 Å². The molecule has 0 aliphatic heterocycles. The zero-order chi connectivity index (χ0) is 16.2. The fraction of sp³-hybridized carbons (Fsp3) is 0.667. The summed E-state index contributed by atoms with van der Waals surface area (Å²) in [6.07, 6.45) is 1.03. The van der Waals surface area contributed by atoms with Gasteiger partial charge in [-0.05, 0) is 63.0 Å². The summed E-state index contributed by atoms with van der Waals surface area (Å²) in [5, 5.41) is 0. The third-order valence-corrected chi connectivity index (χ3v) is 4.99. The molecule has 0 aliphatic rings. The van der Waals surface area contributed by atoms with Crippen LogP contribution in [0, 0.1) is 13.8 Å². The van der Waals surface area contributed by atoms with Crippen LogP contribution in [0.2, 0.25) is 0 Å². The van der Waals surface area contributed by atoms with Crippen molar-refractivity contribution in [2.45, 2.75) is 59.5 Å². The van der Waals surface area contributed by atoms with E-state index in [1.54, 1.807) is 7.11 Å². The number of ether oxygens (including phenoxy) is 1. The first-order valence-electron chi connectivity index (χ1n) is 8.01. The largest absolute Gasteiger partial charge is 0.496 e. The molecule has 0 amide bonds. The third-order valence-electron chi connectivity index (χ3n) is 4.99. The lowest BCUT2D eigenvalue weighted by Crippen LogP contribution is -2.53. The van der Waals surface area contributed by atoms with E-state index in [1.165, 1.54) is 11.1 Å². The SMILES string of the molecule is CCN(CC)C(C)(CC)C(N)c1cc(C)c(OC)cc1C. The standard InChI is InChI=1S/C18H32N2O/c1-8-18(6,20(9-2)10-3)17(19)15-11-14(5)16(21-7)12-13(15)4/h11-12,17H,8-10,19H2,1-7H3. The normalized spacial score (nSPS) is 15.9. The van der Waals surface area contributed by atoms with E-state index in [2.05, 4.69) is 58.6 Å². The lowest BCUT2D eigenvalue weighted by Gasteiger charge is -2.45. The Kier molecular flexibility index (Phi) is 6.24. The lowest BCUT2D eigenvalue weighted by atomic mass is 9.81. The van der Waals surface area contributed by atoms with E-state index in [1.807, 2.05) is 0 Å². The van der Waals surface area contributed by atoms with Crippen LogP contribution < -0.4 is 10.5 Å². The molecule has 1 aromatic rings. The molecule has 120 valence electrons. The van der Waals surface area contributed by atoms with Crippen molar-refractivity contribution in [3.63, 3.8) is 0 Å². The first-order valence-corrected chi connectivity index (χ1v) is 8.01. The van der Waals surface area contributed by atoms with E-state index < -0.39 is 0 Å². The van der Waals surface area contributed by atoms with Gasteiger partial charge in [0.1, 0.15) is 5.75 Å². The predicted molar refractivity (Wildman–Crippen MR) is 91.0 cm³/mol. The summed E-state index contributed by atoms with van der Waals surface area (Å²) in [5.41, 5.74) is 10.3. The van der Waals surface area contributed by atoms with Gasteiger partial charge in [0.25, 0.3) is 0 Å². The number of rotatable bonds is 7. The number of methoxy groups -OCH3 is 1. The molecule has 0 bridgehead atoms. The Labute approximate surface area is 130 Å². The molecule has 0 aliphatic carbocycles. The van der Waals surface area contributed by atoms with Crippen molar-refractivity contribution in [3.05, 3.63) is 28.8 Å². The molecule has 3 heteroatoms. The topological polar surface area (TPSA) is 38.5 Å². The van der Waals surface area contributed by atoms with Gasteiger partial charge in [0.15, 0.2) is 0 Å². The number of hydrogen-bond donors (Lipinski definition) is 1. The first-order chi connectivity index (χ1) is 9.85. The molecule has 21 heavy (non-hydrogen) atoms. The first kappa shape index (κ1) is 18.0. The second kappa shape index (κ2) is 7.28. The highest BCUT2D eigenvalue weighted by atomic mass is 16.5. The zero-order valence-electron chi connectivity index (χ0n) is 14.8. The summed E-state index contributed by atoms with van der Waals surface area (Å²) < 4.78 is 5.41. The quantitative estimate of drug-likeness (QED) is 0.830. The number of likely N-dealkylation sites (N-methyl/N-ethyl adjacent to an activating group) is 1. The predicted octanol–water partition coefficient (Wildman–Crippen LogP) is 3.82. The van der Waals surface area contributed by atoms with Gasteiger partial charge in [-0.3, -0.25) is 4.90 Å². The molecule has 0 saturated carbocycles. The van der Waals surface area contributed by atoms with Crippen LogP contribution in [0.1, 0.15) is 56.8 Å². The number of benzene rings is 1. The van der Waals surface area contributed by atoms with Gasteiger partial charge in [0.2, 0.25) is 0 Å². The maximum atomic E-state index is 6.71.